The normalized spacial score (nSPS) is 9.72. The molecule has 0 radical (unpaired) electrons. The van der Waals surface area contributed by atoms with E-state index in [1.807, 2.05) is 0 Å². The van der Waals surface area contributed by atoms with E-state index in [9.17, 15) is 59.4 Å². The van der Waals surface area contributed by atoms with Gasteiger partial charge in [-0.15, -0.1) is 0 Å². The van der Waals surface area contributed by atoms with Gasteiger partial charge < -0.3 is 69.6 Å². The van der Waals surface area contributed by atoms with E-state index in [4.69, 9.17) is 10.2 Å². The third kappa shape index (κ3) is 19.2. The Kier molecular flexibility index (Phi) is 25.3. The number of aliphatic carboxylic acids is 6. The first kappa shape index (κ1) is 40.1. The molecule has 0 saturated carbocycles. The van der Waals surface area contributed by atoms with Crippen molar-refractivity contribution in [1.82, 2.24) is 0 Å². The van der Waals surface area contributed by atoms with Gasteiger partial charge in [0, 0.05) is 49.6 Å². The summed E-state index contributed by atoms with van der Waals surface area (Å²) in [6.45, 7) is 0. The Morgan fingerprint density at radius 3 is 0.724 bits per heavy atom. The molecule has 0 aromatic rings. The topological polar surface area (TPSA) is 281 Å². The number of rotatable bonds is 10. The minimum absolute atomic E-state index is 0. The van der Waals surface area contributed by atoms with Crippen molar-refractivity contribution in [2.24, 2.45) is 0 Å². The van der Waals surface area contributed by atoms with Gasteiger partial charge in [0.1, 0.15) is 11.2 Å². The van der Waals surface area contributed by atoms with E-state index < -0.39 is 72.7 Å². The maximum atomic E-state index is 10.1. The standard InChI is InChI=1S/2C6H8O7.2K.Ti/c2*7-3(8)1-6(13,5(11)12)2-4(9)10;;;/h2*13H,1-2H2,(H,7,8)(H,9,10)(H,11,12);;;/q;;2*+1;+4/p-6. The maximum absolute atomic E-state index is 10.1. The van der Waals surface area contributed by atoms with Crippen LogP contribution in [0.1, 0.15) is 25.7 Å². The van der Waals surface area contributed by atoms with E-state index >= 15 is 0 Å². The van der Waals surface area contributed by atoms with E-state index in [2.05, 4.69) is 0 Å². The second kappa shape index (κ2) is 18.3. The van der Waals surface area contributed by atoms with Crippen molar-refractivity contribution in [3.05, 3.63) is 0 Å². The first-order valence-corrected chi connectivity index (χ1v) is 6.23. The summed E-state index contributed by atoms with van der Waals surface area (Å²) in [5, 5.41) is 77.9. The zero-order chi connectivity index (χ0) is 21.3. The van der Waals surface area contributed by atoms with Crippen molar-refractivity contribution in [2.75, 3.05) is 0 Å². The van der Waals surface area contributed by atoms with Crippen LogP contribution in [-0.4, -0.2) is 57.2 Å². The van der Waals surface area contributed by atoms with Crippen molar-refractivity contribution in [2.45, 2.75) is 36.9 Å². The first-order valence-electron chi connectivity index (χ1n) is 6.23. The number of carbonyl (C=O) groups excluding carboxylic acids is 6. The average molecular weight is 504 g/mol. The minimum Gasteiger partial charge on any atom is -0.550 e. The number of hydrogen-bond acceptors (Lipinski definition) is 14. The molecule has 0 aliphatic rings. The van der Waals surface area contributed by atoms with Crippen molar-refractivity contribution in [3.63, 3.8) is 0 Å². The van der Waals surface area contributed by atoms with Crippen LogP contribution in [-0.2, 0) is 50.5 Å². The van der Waals surface area contributed by atoms with Gasteiger partial charge in [0.15, 0.2) is 0 Å². The molecule has 0 aromatic heterocycles. The van der Waals surface area contributed by atoms with Crippen LogP contribution >= 0.6 is 0 Å². The zero-order valence-electron chi connectivity index (χ0n) is 15.1. The largest absolute Gasteiger partial charge is 4.00 e. The molecule has 0 saturated heterocycles. The van der Waals surface area contributed by atoms with Crippen molar-refractivity contribution >= 4 is 35.8 Å². The summed E-state index contributed by atoms with van der Waals surface area (Å²) >= 11 is 0. The fraction of sp³-hybridized carbons (Fsp3) is 0.500. The molecular formula is C12H10K2O14Ti. The summed E-state index contributed by atoms with van der Waals surface area (Å²) in [6.07, 6.45) is -5.43. The van der Waals surface area contributed by atoms with Crippen LogP contribution in [0.4, 0.5) is 0 Å². The molecule has 0 bridgehead atoms. The van der Waals surface area contributed by atoms with Gasteiger partial charge in [-0.1, -0.05) is 0 Å². The van der Waals surface area contributed by atoms with E-state index in [-0.39, 0.29) is 124 Å². The van der Waals surface area contributed by atoms with Crippen LogP contribution in [0, 0.1) is 0 Å². The Hall–Kier alpha value is 0.727. The van der Waals surface area contributed by atoms with E-state index in [0.29, 0.717) is 0 Å². The Morgan fingerprint density at radius 1 is 0.517 bits per heavy atom. The van der Waals surface area contributed by atoms with Crippen LogP contribution in [0.15, 0.2) is 0 Å². The predicted octanol–water partition coefficient (Wildman–Crippen LogP) is -16.5. The van der Waals surface area contributed by atoms with Gasteiger partial charge >= 0.3 is 124 Å². The maximum Gasteiger partial charge on any atom is 4.00 e. The molecule has 14 nitrogen and oxygen atoms in total. The number of carboxylic acid groups (broad SMARTS) is 6. The van der Waals surface area contributed by atoms with Crippen molar-refractivity contribution in [3.8, 4) is 0 Å². The van der Waals surface area contributed by atoms with Gasteiger partial charge in [-0.05, 0) is 0 Å². The SMILES string of the molecule is O=C([O-])CC(O)(CC(=O)[O-])C(=O)[O-].O=C([O-])CC(O)(CC(=O)[O-])C(=O)[O-].[K+].[K+].[Ti+4]. The molecule has 0 amide bonds. The van der Waals surface area contributed by atoms with Crippen molar-refractivity contribution in [1.29, 1.82) is 0 Å². The summed E-state index contributed by atoms with van der Waals surface area (Å²) < 4.78 is 0. The first-order chi connectivity index (χ1) is 11.6. The molecule has 0 heterocycles. The molecule has 0 unspecified atom stereocenters. The summed E-state index contributed by atoms with van der Waals surface area (Å²) in [7, 11) is 0. The summed E-state index contributed by atoms with van der Waals surface area (Å²) in [5.74, 6) is -12.0. The molecule has 0 atom stereocenters. The molecule has 0 rings (SSSR count). The fourth-order valence-corrected chi connectivity index (χ4v) is 1.37. The second-order valence-electron chi connectivity index (χ2n) is 4.83. The van der Waals surface area contributed by atoms with Gasteiger partial charge in [-0.2, -0.15) is 0 Å². The van der Waals surface area contributed by atoms with Gasteiger partial charge in [0.2, 0.25) is 0 Å². The smallest absolute Gasteiger partial charge is 0.550 e. The fourth-order valence-electron chi connectivity index (χ4n) is 1.37. The van der Waals surface area contributed by atoms with Gasteiger partial charge in [-0.3, -0.25) is 0 Å². The Labute approximate surface area is 262 Å². The number of carboxylic acids is 6. The Bertz CT molecular complexity index is 523. The van der Waals surface area contributed by atoms with Crippen molar-refractivity contribution < 1.29 is 194 Å². The summed E-state index contributed by atoms with van der Waals surface area (Å²) in [5.41, 5.74) is -5.95. The number of aliphatic hydroxyl groups is 2. The predicted molar refractivity (Wildman–Crippen MR) is 58.4 cm³/mol. The average Bonchev–Trinajstić information content (AvgIpc) is 2.34. The molecule has 29 heavy (non-hydrogen) atoms. The molecular weight excluding hydrogens is 494 g/mol. The summed E-state index contributed by atoms with van der Waals surface area (Å²) in [6, 6.07) is 0. The Morgan fingerprint density at radius 2 is 0.655 bits per heavy atom. The number of carbonyl (C=O) groups is 6. The monoisotopic (exact) mass is 504 g/mol. The van der Waals surface area contributed by atoms with Crippen LogP contribution in [0.2, 0.25) is 0 Å². The van der Waals surface area contributed by atoms with E-state index in [1.165, 1.54) is 0 Å². The minimum atomic E-state index is -2.97. The van der Waals surface area contributed by atoms with E-state index in [0.717, 1.165) is 0 Å². The molecule has 148 valence electrons. The molecule has 0 aliphatic carbocycles. The second-order valence-corrected chi connectivity index (χ2v) is 4.83. The summed E-state index contributed by atoms with van der Waals surface area (Å²) in [4.78, 5) is 60.0. The quantitative estimate of drug-likeness (QED) is 0.261. The third-order valence-electron chi connectivity index (χ3n) is 2.51. The molecule has 0 fully saturated rings. The Balaban J connectivity index is -0.000000120. The van der Waals surface area contributed by atoms with Gasteiger partial charge in [0.25, 0.3) is 0 Å². The molecule has 2 N–H and O–H groups in total. The molecule has 0 spiro atoms. The number of hydrogen-bond donors (Lipinski definition) is 2. The molecule has 0 aliphatic heterocycles. The van der Waals surface area contributed by atoms with Gasteiger partial charge in [0.05, 0.1) is 11.9 Å². The van der Waals surface area contributed by atoms with Gasteiger partial charge in [-0.25, -0.2) is 0 Å². The zero-order valence-corrected chi connectivity index (χ0v) is 22.9. The van der Waals surface area contributed by atoms with Crippen LogP contribution < -0.4 is 133 Å². The van der Waals surface area contributed by atoms with E-state index in [1.54, 1.807) is 0 Å². The molecule has 17 heteroatoms. The van der Waals surface area contributed by atoms with Crippen LogP contribution in [0.5, 0.6) is 0 Å². The molecule has 0 aromatic carbocycles. The van der Waals surface area contributed by atoms with Crippen LogP contribution in [0.3, 0.4) is 0 Å². The van der Waals surface area contributed by atoms with Crippen LogP contribution in [0.25, 0.3) is 0 Å². The third-order valence-corrected chi connectivity index (χ3v) is 2.51.